The van der Waals surface area contributed by atoms with Crippen molar-refractivity contribution >= 4 is 28.9 Å². The molecule has 0 saturated heterocycles. The Balaban J connectivity index is 2.80. The lowest BCUT2D eigenvalue weighted by Gasteiger charge is -2.05. The van der Waals surface area contributed by atoms with Crippen molar-refractivity contribution in [2.75, 3.05) is 0 Å². The monoisotopic (exact) mass is 276 g/mol. The summed E-state index contributed by atoms with van der Waals surface area (Å²) in [5.74, 6) is 0.250. The Morgan fingerprint density at radius 1 is 1.58 bits per heavy atom. The van der Waals surface area contributed by atoms with Crippen LogP contribution in [0.15, 0.2) is 24.3 Å². The highest BCUT2D eigenvalue weighted by Gasteiger charge is 2.05. The van der Waals surface area contributed by atoms with Gasteiger partial charge >= 0.3 is 0 Å². The summed E-state index contributed by atoms with van der Waals surface area (Å²) in [6.07, 6.45) is 1.38. The van der Waals surface area contributed by atoms with E-state index in [1.807, 2.05) is 6.07 Å². The molecule has 0 radical (unpaired) electrons. The van der Waals surface area contributed by atoms with Crippen LogP contribution in [0, 0.1) is 0 Å². The average molecular weight is 276 g/mol. The van der Waals surface area contributed by atoms with Crippen LogP contribution in [0.5, 0.6) is 5.75 Å². The molecule has 1 rings (SSSR count). The molecule has 0 heterocycles. The molecule has 0 saturated carbocycles. The quantitative estimate of drug-likeness (QED) is 0.523. The van der Waals surface area contributed by atoms with Gasteiger partial charge in [-0.1, -0.05) is 34.7 Å². The van der Waals surface area contributed by atoms with E-state index < -0.39 is 0 Å². The summed E-state index contributed by atoms with van der Waals surface area (Å²) in [7, 11) is 0. The number of alkyl halides is 1. The Labute approximate surface area is 84.7 Å². The molecule has 1 N–H and O–H groups in total. The third kappa shape index (κ3) is 2.48. The smallest absolute Gasteiger partial charge is 0.121 e. The van der Waals surface area contributed by atoms with Gasteiger partial charge in [-0.3, -0.25) is 0 Å². The summed E-state index contributed by atoms with van der Waals surface area (Å²) in [4.78, 5) is 10.2. The standard InChI is InChI=1S/C9H9IO2/c10-9(4-5-11)7-2-1-3-8(12)6-7/h1-3,5-6,9,12H,4H2. The van der Waals surface area contributed by atoms with Gasteiger partial charge in [0.1, 0.15) is 12.0 Å². The number of phenolic OH excluding ortho intramolecular Hbond substituents is 1. The fraction of sp³-hybridized carbons (Fsp3) is 0.222. The molecule has 0 aliphatic carbocycles. The molecule has 0 bridgehead atoms. The van der Waals surface area contributed by atoms with E-state index in [0.29, 0.717) is 6.42 Å². The molecule has 1 aromatic rings. The third-order valence-corrected chi connectivity index (χ3v) is 2.76. The molecule has 0 spiro atoms. The number of halogens is 1. The highest BCUT2D eigenvalue weighted by molar-refractivity contribution is 14.1. The molecule has 0 aromatic heterocycles. The minimum Gasteiger partial charge on any atom is -0.508 e. The zero-order valence-corrected chi connectivity index (χ0v) is 8.56. The Morgan fingerprint density at radius 2 is 2.33 bits per heavy atom. The molecular weight excluding hydrogens is 267 g/mol. The van der Waals surface area contributed by atoms with Gasteiger partial charge in [-0.25, -0.2) is 0 Å². The topological polar surface area (TPSA) is 37.3 Å². The van der Waals surface area contributed by atoms with Gasteiger partial charge in [-0.15, -0.1) is 0 Å². The lowest BCUT2D eigenvalue weighted by atomic mass is 10.1. The largest absolute Gasteiger partial charge is 0.508 e. The molecule has 0 fully saturated rings. The van der Waals surface area contributed by atoms with Gasteiger partial charge in [0.2, 0.25) is 0 Å². The second-order valence-electron chi connectivity index (χ2n) is 2.46. The molecule has 0 aliphatic heterocycles. The van der Waals surface area contributed by atoms with Crippen LogP contribution >= 0.6 is 22.6 Å². The van der Waals surface area contributed by atoms with E-state index in [-0.39, 0.29) is 9.67 Å². The number of hydrogen-bond acceptors (Lipinski definition) is 2. The Kier molecular flexibility index (Phi) is 3.52. The van der Waals surface area contributed by atoms with E-state index in [1.54, 1.807) is 18.2 Å². The molecule has 3 heteroatoms. The van der Waals surface area contributed by atoms with Crippen molar-refractivity contribution in [3.05, 3.63) is 29.8 Å². The fourth-order valence-corrected chi connectivity index (χ4v) is 1.54. The Morgan fingerprint density at radius 3 is 2.92 bits per heavy atom. The summed E-state index contributed by atoms with van der Waals surface area (Å²) in [5, 5.41) is 9.14. The van der Waals surface area contributed by atoms with Gasteiger partial charge in [0, 0.05) is 10.3 Å². The second-order valence-corrected chi connectivity index (χ2v) is 3.97. The van der Waals surface area contributed by atoms with Crippen molar-refractivity contribution in [3.8, 4) is 5.75 Å². The highest BCUT2D eigenvalue weighted by Crippen LogP contribution is 2.27. The van der Waals surface area contributed by atoms with Crippen molar-refractivity contribution in [1.29, 1.82) is 0 Å². The average Bonchev–Trinajstić information content (AvgIpc) is 2.05. The Bertz CT molecular complexity index is 273. The lowest BCUT2D eigenvalue weighted by molar-refractivity contribution is -0.107. The van der Waals surface area contributed by atoms with Gasteiger partial charge in [0.25, 0.3) is 0 Å². The van der Waals surface area contributed by atoms with Crippen LogP contribution in [0.3, 0.4) is 0 Å². The first-order valence-electron chi connectivity index (χ1n) is 3.60. The number of phenols is 1. The summed E-state index contributed by atoms with van der Waals surface area (Å²) < 4.78 is 0.159. The molecule has 0 aliphatic rings. The first-order chi connectivity index (χ1) is 5.74. The lowest BCUT2D eigenvalue weighted by Crippen LogP contribution is -1.89. The zero-order valence-electron chi connectivity index (χ0n) is 6.40. The van der Waals surface area contributed by atoms with Crippen LogP contribution < -0.4 is 0 Å². The number of carbonyl (C=O) groups is 1. The van der Waals surface area contributed by atoms with E-state index in [4.69, 9.17) is 5.11 Å². The van der Waals surface area contributed by atoms with Crippen LogP contribution in [0.2, 0.25) is 0 Å². The van der Waals surface area contributed by atoms with Crippen molar-refractivity contribution < 1.29 is 9.90 Å². The molecule has 2 nitrogen and oxygen atoms in total. The molecule has 1 atom stereocenters. The number of benzene rings is 1. The van der Waals surface area contributed by atoms with Crippen molar-refractivity contribution in [2.24, 2.45) is 0 Å². The first-order valence-corrected chi connectivity index (χ1v) is 4.85. The van der Waals surface area contributed by atoms with Crippen LogP contribution in [0.1, 0.15) is 15.9 Å². The van der Waals surface area contributed by atoms with Gasteiger partial charge in [-0.2, -0.15) is 0 Å². The van der Waals surface area contributed by atoms with Gasteiger partial charge < -0.3 is 9.90 Å². The van der Waals surface area contributed by atoms with Crippen LogP contribution in [-0.2, 0) is 4.79 Å². The van der Waals surface area contributed by atoms with Crippen molar-refractivity contribution in [1.82, 2.24) is 0 Å². The zero-order chi connectivity index (χ0) is 8.97. The second kappa shape index (κ2) is 4.45. The predicted molar refractivity (Wildman–Crippen MR) is 55.5 cm³/mol. The predicted octanol–water partition coefficient (Wildman–Crippen LogP) is 2.46. The van der Waals surface area contributed by atoms with E-state index in [1.165, 1.54) is 0 Å². The first kappa shape index (κ1) is 9.51. The molecular formula is C9H9IO2. The van der Waals surface area contributed by atoms with E-state index in [2.05, 4.69) is 22.6 Å². The van der Waals surface area contributed by atoms with Crippen LogP contribution in [-0.4, -0.2) is 11.4 Å². The number of hydrogen-bond donors (Lipinski definition) is 1. The molecule has 64 valence electrons. The van der Waals surface area contributed by atoms with Crippen molar-refractivity contribution in [3.63, 3.8) is 0 Å². The number of carbonyl (C=O) groups excluding carboxylic acids is 1. The SMILES string of the molecule is O=CCC(I)c1cccc(O)c1. The maximum Gasteiger partial charge on any atom is 0.121 e. The highest BCUT2D eigenvalue weighted by atomic mass is 127. The van der Waals surface area contributed by atoms with Gasteiger partial charge in [-0.05, 0) is 17.7 Å². The minimum absolute atomic E-state index is 0.159. The third-order valence-electron chi connectivity index (χ3n) is 1.54. The fourth-order valence-electron chi connectivity index (χ4n) is 0.940. The molecule has 12 heavy (non-hydrogen) atoms. The number of aldehydes is 1. The van der Waals surface area contributed by atoms with Crippen LogP contribution in [0.25, 0.3) is 0 Å². The maximum atomic E-state index is 10.2. The summed E-state index contributed by atoms with van der Waals surface area (Å²) in [5.41, 5.74) is 0.989. The Hall–Kier alpha value is -0.580. The molecule has 1 aromatic carbocycles. The molecule has 0 amide bonds. The number of aromatic hydroxyl groups is 1. The minimum atomic E-state index is 0.159. The van der Waals surface area contributed by atoms with Gasteiger partial charge in [0.05, 0.1) is 0 Å². The van der Waals surface area contributed by atoms with Crippen LogP contribution in [0.4, 0.5) is 0 Å². The van der Waals surface area contributed by atoms with E-state index in [0.717, 1.165) is 11.8 Å². The van der Waals surface area contributed by atoms with E-state index in [9.17, 15) is 4.79 Å². The van der Waals surface area contributed by atoms with Crippen molar-refractivity contribution in [2.45, 2.75) is 10.3 Å². The van der Waals surface area contributed by atoms with Gasteiger partial charge in [0.15, 0.2) is 0 Å². The summed E-state index contributed by atoms with van der Waals surface area (Å²) in [6.45, 7) is 0. The maximum absolute atomic E-state index is 10.2. The molecule has 1 unspecified atom stereocenters. The van der Waals surface area contributed by atoms with E-state index >= 15 is 0 Å². The summed E-state index contributed by atoms with van der Waals surface area (Å²) >= 11 is 2.18. The number of rotatable bonds is 3. The summed E-state index contributed by atoms with van der Waals surface area (Å²) in [6, 6.07) is 6.98. The normalized spacial score (nSPS) is 12.4.